The number of hydrogen-bond donors (Lipinski definition) is 1. The van der Waals surface area contributed by atoms with Gasteiger partial charge in [-0.25, -0.2) is 0 Å². The minimum Gasteiger partial charge on any atom is -0.339 e. The number of thiol groups is 1. The summed E-state index contributed by atoms with van der Waals surface area (Å²) in [4.78, 5) is 13.4. The number of carbonyl (C=O) groups is 1. The van der Waals surface area contributed by atoms with Crippen LogP contribution in [0.4, 0.5) is 0 Å². The Labute approximate surface area is 80.7 Å². The third-order valence-corrected chi connectivity index (χ3v) is 1.95. The van der Waals surface area contributed by atoms with Crippen LogP contribution in [0.25, 0.3) is 0 Å². The molecule has 0 aromatic heterocycles. The first-order valence-electron chi connectivity index (χ1n) is 4.49. The molecule has 0 rings (SSSR count). The summed E-state index contributed by atoms with van der Waals surface area (Å²) in [6.07, 6.45) is 1.00. The molecule has 0 aliphatic heterocycles. The molecule has 0 N–H and O–H groups in total. The van der Waals surface area contributed by atoms with Gasteiger partial charge in [0, 0.05) is 12.6 Å². The second-order valence-electron chi connectivity index (χ2n) is 3.30. The van der Waals surface area contributed by atoms with Crippen molar-refractivity contribution in [2.75, 3.05) is 6.54 Å². The van der Waals surface area contributed by atoms with Gasteiger partial charge in [0.2, 0.25) is 5.91 Å². The molecule has 0 heterocycles. The van der Waals surface area contributed by atoms with Gasteiger partial charge in [0.25, 0.3) is 0 Å². The summed E-state index contributed by atoms with van der Waals surface area (Å²) in [7, 11) is 0. The number of rotatable bonds is 4. The lowest BCUT2D eigenvalue weighted by atomic mass is 10.2. The summed E-state index contributed by atoms with van der Waals surface area (Å²) in [5, 5.41) is -0.182. The van der Waals surface area contributed by atoms with Crippen LogP contribution >= 0.6 is 12.6 Å². The van der Waals surface area contributed by atoms with Crippen molar-refractivity contribution in [3.8, 4) is 0 Å². The maximum Gasteiger partial charge on any atom is 0.235 e. The molecule has 0 aliphatic rings. The average Bonchev–Trinajstić information content (AvgIpc) is 1.98. The van der Waals surface area contributed by atoms with Crippen LogP contribution in [-0.2, 0) is 4.79 Å². The fourth-order valence-corrected chi connectivity index (χ4v) is 1.25. The zero-order valence-electron chi connectivity index (χ0n) is 8.37. The van der Waals surface area contributed by atoms with Gasteiger partial charge < -0.3 is 4.90 Å². The van der Waals surface area contributed by atoms with E-state index in [1.807, 2.05) is 25.7 Å². The van der Waals surface area contributed by atoms with Gasteiger partial charge in [0.15, 0.2) is 0 Å². The fourth-order valence-electron chi connectivity index (χ4n) is 1.10. The molecule has 3 heteroatoms. The normalized spacial score (nSPS) is 13.2. The molecule has 0 saturated heterocycles. The Hall–Kier alpha value is -0.180. The summed E-state index contributed by atoms with van der Waals surface area (Å²) in [6, 6.07) is 0.284. The van der Waals surface area contributed by atoms with Crippen LogP contribution < -0.4 is 0 Å². The van der Waals surface area contributed by atoms with Crippen LogP contribution in [0, 0.1) is 0 Å². The highest BCUT2D eigenvalue weighted by Crippen LogP contribution is 2.06. The SMILES string of the molecule is CCCN(C(=O)C(C)S)C(C)C. The summed E-state index contributed by atoms with van der Waals surface area (Å²) in [5.41, 5.74) is 0. The topological polar surface area (TPSA) is 20.3 Å². The van der Waals surface area contributed by atoms with Crippen LogP contribution in [0.1, 0.15) is 34.1 Å². The van der Waals surface area contributed by atoms with Crippen molar-refractivity contribution >= 4 is 18.5 Å². The van der Waals surface area contributed by atoms with Crippen molar-refractivity contribution in [2.24, 2.45) is 0 Å². The van der Waals surface area contributed by atoms with Gasteiger partial charge >= 0.3 is 0 Å². The molecule has 1 atom stereocenters. The van der Waals surface area contributed by atoms with Gasteiger partial charge in [-0.05, 0) is 27.2 Å². The first kappa shape index (κ1) is 11.8. The van der Waals surface area contributed by atoms with E-state index >= 15 is 0 Å². The van der Waals surface area contributed by atoms with Crippen molar-refractivity contribution in [1.29, 1.82) is 0 Å². The molecule has 0 spiro atoms. The van der Waals surface area contributed by atoms with Crippen LogP contribution in [0.5, 0.6) is 0 Å². The lowest BCUT2D eigenvalue weighted by molar-refractivity contribution is -0.131. The van der Waals surface area contributed by atoms with Gasteiger partial charge in [-0.2, -0.15) is 12.6 Å². The third kappa shape index (κ3) is 3.48. The molecule has 2 nitrogen and oxygen atoms in total. The molecule has 0 radical (unpaired) electrons. The fraction of sp³-hybridized carbons (Fsp3) is 0.889. The molecule has 1 amide bonds. The zero-order valence-corrected chi connectivity index (χ0v) is 9.27. The Balaban J connectivity index is 4.19. The Morgan fingerprint density at radius 1 is 1.42 bits per heavy atom. The van der Waals surface area contributed by atoms with E-state index in [0.717, 1.165) is 13.0 Å². The number of hydrogen-bond acceptors (Lipinski definition) is 2. The van der Waals surface area contributed by atoms with Crippen LogP contribution in [0.2, 0.25) is 0 Å². The van der Waals surface area contributed by atoms with Crippen LogP contribution in [0.15, 0.2) is 0 Å². The lowest BCUT2D eigenvalue weighted by Crippen LogP contribution is -2.41. The highest BCUT2D eigenvalue weighted by Gasteiger charge is 2.18. The molecule has 0 aromatic rings. The average molecular weight is 189 g/mol. The molecule has 0 fully saturated rings. The minimum absolute atomic E-state index is 0.134. The summed E-state index contributed by atoms with van der Waals surface area (Å²) >= 11 is 4.13. The molecule has 12 heavy (non-hydrogen) atoms. The first-order chi connectivity index (χ1) is 5.50. The molecule has 0 aliphatic carbocycles. The molecule has 0 bridgehead atoms. The second kappa shape index (κ2) is 5.46. The maximum atomic E-state index is 11.5. The molecule has 72 valence electrons. The number of amides is 1. The third-order valence-electron chi connectivity index (χ3n) is 1.73. The molecule has 0 aromatic carbocycles. The van der Waals surface area contributed by atoms with Crippen molar-refractivity contribution in [2.45, 2.75) is 45.4 Å². The number of nitrogens with zero attached hydrogens (tertiary/aromatic N) is 1. The van der Waals surface area contributed by atoms with Crippen molar-refractivity contribution in [3.63, 3.8) is 0 Å². The van der Waals surface area contributed by atoms with E-state index < -0.39 is 0 Å². The monoisotopic (exact) mass is 189 g/mol. The number of carbonyl (C=O) groups excluding carboxylic acids is 1. The maximum absolute atomic E-state index is 11.5. The van der Waals surface area contributed by atoms with Gasteiger partial charge in [0.05, 0.1) is 5.25 Å². The zero-order chi connectivity index (χ0) is 9.72. The van der Waals surface area contributed by atoms with E-state index in [1.54, 1.807) is 0 Å². The minimum atomic E-state index is -0.182. The predicted molar refractivity (Wildman–Crippen MR) is 55.6 cm³/mol. The van der Waals surface area contributed by atoms with Gasteiger partial charge in [0.1, 0.15) is 0 Å². The highest BCUT2D eigenvalue weighted by molar-refractivity contribution is 7.81. The van der Waals surface area contributed by atoms with E-state index in [0.29, 0.717) is 0 Å². The van der Waals surface area contributed by atoms with E-state index in [1.165, 1.54) is 0 Å². The summed E-state index contributed by atoms with van der Waals surface area (Å²) in [6.45, 7) is 8.79. The van der Waals surface area contributed by atoms with Crippen molar-refractivity contribution in [3.05, 3.63) is 0 Å². The highest BCUT2D eigenvalue weighted by atomic mass is 32.1. The predicted octanol–water partition coefficient (Wildman–Crippen LogP) is 1.95. The Bertz CT molecular complexity index is 145. The lowest BCUT2D eigenvalue weighted by Gasteiger charge is -2.27. The Morgan fingerprint density at radius 3 is 2.17 bits per heavy atom. The van der Waals surface area contributed by atoms with Gasteiger partial charge in [-0.3, -0.25) is 4.79 Å². The standard InChI is InChI=1S/C9H19NOS/c1-5-6-10(7(2)3)9(11)8(4)12/h7-8,12H,5-6H2,1-4H3. The van der Waals surface area contributed by atoms with Gasteiger partial charge in [-0.1, -0.05) is 6.92 Å². The summed E-state index contributed by atoms with van der Waals surface area (Å²) < 4.78 is 0. The van der Waals surface area contributed by atoms with E-state index in [9.17, 15) is 4.79 Å². The Morgan fingerprint density at radius 2 is 1.92 bits per heavy atom. The second-order valence-corrected chi connectivity index (χ2v) is 4.08. The molecular formula is C9H19NOS. The Kier molecular flexibility index (Phi) is 5.38. The van der Waals surface area contributed by atoms with Crippen LogP contribution in [0.3, 0.4) is 0 Å². The van der Waals surface area contributed by atoms with E-state index in [2.05, 4.69) is 19.6 Å². The van der Waals surface area contributed by atoms with Gasteiger partial charge in [-0.15, -0.1) is 0 Å². The summed E-state index contributed by atoms with van der Waals surface area (Å²) in [5.74, 6) is 0.134. The largest absolute Gasteiger partial charge is 0.339 e. The molecule has 1 unspecified atom stereocenters. The molecule has 0 saturated carbocycles. The van der Waals surface area contributed by atoms with E-state index in [-0.39, 0.29) is 17.2 Å². The van der Waals surface area contributed by atoms with Crippen molar-refractivity contribution in [1.82, 2.24) is 4.90 Å². The molecular weight excluding hydrogens is 170 g/mol. The van der Waals surface area contributed by atoms with E-state index in [4.69, 9.17) is 0 Å². The quantitative estimate of drug-likeness (QED) is 0.670. The van der Waals surface area contributed by atoms with Crippen LogP contribution in [-0.4, -0.2) is 28.6 Å². The van der Waals surface area contributed by atoms with Crippen molar-refractivity contribution < 1.29 is 4.79 Å². The first-order valence-corrected chi connectivity index (χ1v) is 5.00. The smallest absolute Gasteiger partial charge is 0.235 e.